The number of amides is 1. The average Bonchev–Trinajstić information content (AvgIpc) is 2.64. The lowest BCUT2D eigenvalue weighted by Gasteiger charge is -2.37. The second kappa shape index (κ2) is 9.23. The minimum Gasteiger partial charge on any atom is -0.388 e. The SMILES string of the molecule is CCCCC(=O)N1CCN(c2ccccc2/C=C/C(=O)CO)CC1. The largest absolute Gasteiger partial charge is 0.388 e. The van der Waals surface area contributed by atoms with Crippen molar-refractivity contribution in [2.45, 2.75) is 26.2 Å². The molecule has 0 aliphatic carbocycles. The summed E-state index contributed by atoms with van der Waals surface area (Å²) in [6, 6.07) is 7.88. The number of piperazine rings is 1. The molecule has 1 aliphatic heterocycles. The van der Waals surface area contributed by atoms with Gasteiger partial charge < -0.3 is 14.9 Å². The first kappa shape index (κ1) is 18.2. The van der Waals surface area contributed by atoms with Crippen LogP contribution in [-0.2, 0) is 9.59 Å². The molecular formula is C19H26N2O3. The van der Waals surface area contributed by atoms with Gasteiger partial charge in [-0.15, -0.1) is 0 Å². The fourth-order valence-electron chi connectivity index (χ4n) is 2.83. The van der Waals surface area contributed by atoms with Crippen LogP contribution in [0, 0.1) is 0 Å². The van der Waals surface area contributed by atoms with Crippen molar-refractivity contribution in [3.05, 3.63) is 35.9 Å². The van der Waals surface area contributed by atoms with Crippen LogP contribution in [0.1, 0.15) is 31.7 Å². The van der Waals surface area contributed by atoms with E-state index in [1.165, 1.54) is 6.08 Å². The Bertz CT molecular complexity index is 590. The molecule has 0 saturated carbocycles. The number of rotatable bonds is 7. The van der Waals surface area contributed by atoms with Gasteiger partial charge in [-0.05, 0) is 30.2 Å². The summed E-state index contributed by atoms with van der Waals surface area (Å²) in [5.74, 6) is -0.0608. The molecular weight excluding hydrogens is 304 g/mol. The number of hydrogen-bond acceptors (Lipinski definition) is 4. The molecule has 0 aromatic heterocycles. The van der Waals surface area contributed by atoms with Crippen LogP contribution in [-0.4, -0.2) is 54.5 Å². The number of ketones is 1. The number of aliphatic hydroxyl groups excluding tert-OH is 1. The van der Waals surface area contributed by atoms with Gasteiger partial charge in [-0.1, -0.05) is 31.5 Å². The second-order valence-electron chi connectivity index (χ2n) is 5.99. The third-order valence-corrected chi connectivity index (χ3v) is 4.26. The Morgan fingerprint density at radius 2 is 1.88 bits per heavy atom. The normalized spacial score (nSPS) is 15.1. The highest BCUT2D eigenvalue weighted by Crippen LogP contribution is 2.23. The number of anilines is 1. The van der Waals surface area contributed by atoms with Crippen molar-refractivity contribution in [2.24, 2.45) is 0 Å². The summed E-state index contributed by atoms with van der Waals surface area (Å²) in [7, 11) is 0. The molecule has 0 spiro atoms. The maximum atomic E-state index is 12.1. The number of nitrogens with zero attached hydrogens (tertiary/aromatic N) is 2. The van der Waals surface area contributed by atoms with Crippen LogP contribution in [0.5, 0.6) is 0 Å². The van der Waals surface area contributed by atoms with Gasteiger partial charge >= 0.3 is 0 Å². The number of carbonyl (C=O) groups is 2. The first-order valence-corrected chi connectivity index (χ1v) is 8.59. The van der Waals surface area contributed by atoms with Crippen molar-refractivity contribution in [3.8, 4) is 0 Å². The van der Waals surface area contributed by atoms with Gasteiger partial charge in [0.15, 0.2) is 5.78 Å². The minimum atomic E-state index is -0.475. The molecule has 5 nitrogen and oxygen atoms in total. The van der Waals surface area contributed by atoms with Gasteiger partial charge in [0.1, 0.15) is 6.61 Å². The maximum Gasteiger partial charge on any atom is 0.222 e. The Labute approximate surface area is 143 Å². The molecule has 0 atom stereocenters. The van der Waals surface area contributed by atoms with Gasteiger partial charge in [-0.25, -0.2) is 0 Å². The number of unbranched alkanes of at least 4 members (excludes halogenated alkanes) is 1. The molecule has 24 heavy (non-hydrogen) atoms. The maximum absolute atomic E-state index is 12.1. The molecule has 1 saturated heterocycles. The van der Waals surface area contributed by atoms with E-state index >= 15 is 0 Å². The van der Waals surface area contributed by atoms with E-state index in [4.69, 9.17) is 5.11 Å². The van der Waals surface area contributed by atoms with E-state index in [1.54, 1.807) is 6.08 Å². The first-order chi connectivity index (χ1) is 11.7. The van der Waals surface area contributed by atoms with Gasteiger partial charge in [0.05, 0.1) is 0 Å². The smallest absolute Gasteiger partial charge is 0.222 e. The molecule has 1 fully saturated rings. The van der Waals surface area contributed by atoms with Crippen LogP contribution in [0.25, 0.3) is 6.08 Å². The van der Waals surface area contributed by atoms with Crippen molar-refractivity contribution < 1.29 is 14.7 Å². The van der Waals surface area contributed by atoms with E-state index < -0.39 is 6.61 Å². The zero-order valence-electron chi connectivity index (χ0n) is 14.3. The van der Waals surface area contributed by atoms with Crippen LogP contribution >= 0.6 is 0 Å². The standard InChI is InChI=1S/C19H26N2O3/c1-2-3-8-19(24)21-13-11-20(12-14-21)18-7-5-4-6-16(18)9-10-17(23)15-22/h4-7,9-10,22H,2-3,8,11-15H2,1H3/b10-9+. The summed E-state index contributed by atoms with van der Waals surface area (Å²) < 4.78 is 0. The third kappa shape index (κ3) is 4.93. The second-order valence-corrected chi connectivity index (χ2v) is 5.99. The quantitative estimate of drug-likeness (QED) is 0.778. The Balaban J connectivity index is 2.00. The van der Waals surface area contributed by atoms with Gasteiger partial charge in [-0.2, -0.15) is 0 Å². The lowest BCUT2D eigenvalue weighted by Crippen LogP contribution is -2.48. The Kier molecular flexibility index (Phi) is 7.00. The summed E-state index contributed by atoms with van der Waals surface area (Å²) in [5.41, 5.74) is 2.00. The summed E-state index contributed by atoms with van der Waals surface area (Å²) in [4.78, 5) is 27.6. The van der Waals surface area contributed by atoms with Crippen LogP contribution < -0.4 is 4.90 Å². The molecule has 0 radical (unpaired) electrons. The summed E-state index contributed by atoms with van der Waals surface area (Å²) in [6.45, 7) is 4.66. The molecule has 0 bridgehead atoms. The Morgan fingerprint density at radius 1 is 1.17 bits per heavy atom. The van der Waals surface area contributed by atoms with Crippen LogP contribution in [0.2, 0.25) is 0 Å². The van der Waals surface area contributed by atoms with Gasteiger partial charge in [0.2, 0.25) is 5.91 Å². The first-order valence-electron chi connectivity index (χ1n) is 8.59. The molecule has 130 valence electrons. The summed E-state index contributed by atoms with van der Waals surface area (Å²) >= 11 is 0. The lowest BCUT2D eigenvalue weighted by atomic mass is 10.1. The predicted molar refractivity (Wildman–Crippen MR) is 95.9 cm³/mol. The van der Waals surface area contributed by atoms with E-state index in [9.17, 15) is 9.59 Å². The Morgan fingerprint density at radius 3 is 2.54 bits per heavy atom. The van der Waals surface area contributed by atoms with Crippen LogP contribution in [0.3, 0.4) is 0 Å². The number of aliphatic hydroxyl groups is 1. The number of benzene rings is 1. The summed E-state index contributed by atoms with van der Waals surface area (Å²) in [6.07, 6.45) is 5.78. The zero-order chi connectivity index (χ0) is 17.4. The summed E-state index contributed by atoms with van der Waals surface area (Å²) in [5, 5.41) is 8.82. The fraction of sp³-hybridized carbons (Fsp3) is 0.474. The molecule has 0 unspecified atom stereocenters. The van der Waals surface area contributed by atoms with E-state index in [2.05, 4.69) is 11.8 Å². The number of para-hydroxylation sites is 1. The molecule has 1 aliphatic rings. The molecule has 2 rings (SSSR count). The molecule has 1 aromatic carbocycles. The van der Waals surface area contributed by atoms with Gasteiger partial charge in [0, 0.05) is 38.3 Å². The van der Waals surface area contributed by atoms with Crippen molar-refractivity contribution in [2.75, 3.05) is 37.7 Å². The monoisotopic (exact) mass is 330 g/mol. The molecule has 1 N–H and O–H groups in total. The zero-order valence-corrected chi connectivity index (χ0v) is 14.3. The topological polar surface area (TPSA) is 60.9 Å². The molecule has 1 aromatic rings. The number of carbonyl (C=O) groups excluding carboxylic acids is 2. The highest BCUT2D eigenvalue weighted by Gasteiger charge is 2.21. The lowest BCUT2D eigenvalue weighted by molar-refractivity contribution is -0.131. The minimum absolute atomic E-state index is 0.248. The van der Waals surface area contributed by atoms with E-state index in [0.29, 0.717) is 6.42 Å². The van der Waals surface area contributed by atoms with Crippen molar-refractivity contribution in [1.82, 2.24) is 4.90 Å². The van der Waals surface area contributed by atoms with Crippen LogP contribution in [0.15, 0.2) is 30.3 Å². The third-order valence-electron chi connectivity index (χ3n) is 4.26. The van der Waals surface area contributed by atoms with E-state index in [0.717, 1.165) is 50.3 Å². The van der Waals surface area contributed by atoms with Crippen molar-refractivity contribution in [3.63, 3.8) is 0 Å². The Hall–Kier alpha value is -2.14. The molecule has 5 heteroatoms. The van der Waals surface area contributed by atoms with E-state index in [-0.39, 0.29) is 11.7 Å². The molecule has 1 amide bonds. The molecule has 1 heterocycles. The van der Waals surface area contributed by atoms with Crippen LogP contribution in [0.4, 0.5) is 5.69 Å². The van der Waals surface area contributed by atoms with Gasteiger partial charge in [-0.3, -0.25) is 9.59 Å². The fourth-order valence-corrected chi connectivity index (χ4v) is 2.83. The van der Waals surface area contributed by atoms with E-state index in [1.807, 2.05) is 29.2 Å². The number of hydrogen-bond donors (Lipinski definition) is 1. The van der Waals surface area contributed by atoms with Gasteiger partial charge in [0.25, 0.3) is 0 Å². The van der Waals surface area contributed by atoms with Crippen molar-refractivity contribution >= 4 is 23.5 Å². The highest BCUT2D eigenvalue weighted by molar-refractivity contribution is 5.95. The highest BCUT2D eigenvalue weighted by atomic mass is 16.3. The predicted octanol–water partition coefficient (Wildman–Crippen LogP) is 2.10. The van der Waals surface area contributed by atoms with Crippen molar-refractivity contribution in [1.29, 1.82) is 0 Å². The average molecular weight is 330 g/mol.